The number of amides is 2. The Bertz CT molecular complexity index is 335. The highest BCUT2D eigenvalue weighted by atomic mass is 16.5. The minimum atomic E-state index is -0.445. The van der Waals surface area contributed by atoms with Crippen LogP contribution in [0.15, 0.2) is 0 Å². The third-order valence-electron chi connectivity index (χ3n) is 4.13. The second-order valence-electron chi connectivity index (χ2n) is 5.77. The van der Waals surface area contributed by atoms with Crippen molar-refractivity contribution in [1.29, 1.82) is 0 Å². The fourth-order valence-corrected chi connectivity index (χ4v) is 2.82. The van der Waals surface area contributed by atoms with Crippen molar-refractivity contribution in [1.82, 2.24) is 15.1 Å². The van der Waals surface area contributed by atoms with Crippen molar-refractivity contribution in [3.8, 4) is 0 Å². The molecule has 0 aliphatic carbocycles. The van der Waals surface area contributed by atoms with Gasteiger partial charge in [0.15, 0.2) is 0 Å². The largest absolute Gasteiger partial charge is 0.379 e. The van der Waals surface area contributed by atoms with Crippen molar-refractivity contribution < 1.29 is 14.3 Å². The number of rotatable bonds is 4. The number of nitrogens with zero attached hydrogens (tertiary/aromatic N) is 2. The highest BCUT2D eigenvalue weighted by Gasteiger charge is 2.22. The third-order valence-corrected chi connectivity index (χ3v) is 4.13. The minimum Gasteiger partial charge on any atom is -0.379 e. The summed E-state index contributed by atoms with van der Waals surface area (Å²) >= 11 is 0. The lowest BCUT2D eigenvalue weighted by atomic mass is 10.2. The molecule has 0 saturated carbocycles. The molecule has 2 amide bonds. The molecule has 120 valence electrons. The number of hydrogen-bond acceptors (Lipinski definition) is 4. The molecule has 2 heterocycles. The first-order chi connectivity index (χ1) is 10.3. The first-order valence-electron chi connectivity index (χ1n) is 8.14. The Kier molecular flexibility index (Phi) is 6.95. The molecule has 0 atom stereocenters. The van der Waals surface area contributed by atoms with Crippen LogP contribution in [-0.4, -0.2) is 74.1 Å². The SMILES string of the molecule is O=C(NCCCN1CCOCC1)C(=O)N1CCCCCC1. The van der Waals surface area contributed by atoms with Gasteiger partial charge in [0.05, 0.1) is 13.2 Å². The Balaban J connectivity index is 1.60. The molecule has 0 aromatic carbocycles. The van der Waals surface area contributed by atoms with E-state index in [1.54, 1.807) is 4.90 Å². The molecule has 2 aliphatic heterocycles. The maximum Gasteiger partial charge on any atom is 0.311 e. The molecule has 0 aromatic heterocycles. The maximum absolute atomic E-state index is 12.0. The number of carbonyl (C=O) groups is 2. The van der Waals surface area contributed by atoms with Crippen molar-refractivity contribution in [3.63, 3.8) is 0 Å². The van der Waals surface area contributed by atoms with Crippen LogP contribution in [0.4, 0.5) is 0 Å². The second-order valence-corrected chi connectivity index (χ2v) is 5.77. The van der Waals surface area contributed by atoms with Crippen molar-refractivity contribution >= 4 is 11.8 Å². The van der Waals surface area contributed by atoms with E-state index >= 15 is 0 Å². The molecular weight excluding hydrogens is 270 g/mol. The zero-order chi connectivity index (χ0) is 14.9. The van der Waals surface area contributed by atoms with Crippen LogP contribution in [0.25, 0.3) is 0 Å². The van der Waals surface area contributed by atoms with Gasteiger partial charge in [0.25, 0.3) is 0 Å². The lowest BCUT2D eigenvalue weighted by molar-refractivity contribution is -0.145. The predicted octanol–water partition coefficient (Wildman–Crippen LogP) is 0.228. The van der Waals surface area contributed by atoms with Crippen molar-refractivity contribution in [2.75, 3.05) is 52.5 Å². The quantitative estimate of drug-likeness (QED) is 0.596. The van der Waals surface area contributed by atoms with Gasteiger partial charge in [-0.2, -0.15) is 0 Å². The number of morpholine rings is 1. The first kappa shape index (κ1) is 16.2. The lowest BCUT2D eigenvalue weighted by Crippen LogP contribution is -2.44. The summed E-state index contributed by atoms with van der Waals surface area (Å²) in [6, 6.07) is 0. The summed E-state index contributed by atoms with van der Waals surface area (Å²) in [5, 5.41) is 2.75. The Morgan fingerprint density at radius 3 is 2.29 bits per heavy atom. The summed E-state index contributed by atoms with van der Waals surface area (Å²) in [6.45, 7) is 6.46. The number of ether oxygens (including phenoxy) is 1. The van der Waals surface area contributed by atoms with Crippen LogP contribution >= 0.6 is 0 Å². The van der Waals surface area contributed by atoms with Crippen LogP contribution in [0.2, 0.25) is 0 Å². The molecule has 2 rings (SSSR count). The van der Waals surface area contributed by atoms with Gasteiger partial charge in [-0.3, -0.25) is 14.5 Å². The number of hydrogen-bond donors (Lipinski definition) is 1. The van der Waals surface area contributed by atoms with Crippen molar-refractivity contribution in [2.24, 2.45) is 0 Å². The zero-order valence-corrected chi connectivity index (χ0v) is 12.8. The molecule has 0 aromatic rings. The van der Waals surface area contributed by atoms with Crippen LogP contribution in [0.3, 0.4) is 0 Å². The van der Waals surface area contributed by atoms with Gasteiger partial charge in [0.1, 0.15) is 0 Å². The van der Waals surface area contributed by atoms with Crippen LogP contribution in [-0.2, 0) is 14.3 Å². The van der Waals surface area contributed by atoms with Crippen LogP contribution in [0, 0.1) is 0 Å². The van der Waals surface area contributed by atoms with E-state index < -0.39 is 5.91 Å². The summed E-state index contributed by atoms with van der Waals surface area (Å²) in [7, 11) is 0. The van der Waals surface area contributed by atoms with Gasteiger partial charge in [-0.25, -0.2) is 0 Å². The monoisotopic (exact) mass is 297 g/mol. The van der Waals surface area contributed by atoms with Gasteiger partial charge in [0, 0.05) is 32.7 Å². The number of carbonyl (C=O) groups excluding carboxylic acids is 2. The molecule has 2 aliphatic rings. The van der Waals surface area contributed by atoms with Crippen molar-refractivity contribution in [3.05, 3.63) is 0 Å². The van der Waals surface area contributed by atoms with Crippen LogP contribution in [0.5, 0.6) is 0 Å². The molecule has 1 N–H and O–H groups in total. The van der Waals surface area contributed by atoms with Crippen molar-refractivity contribution in [2.45, 2.75) is 32.1 Å². The van der Waals surface area contributed by atoms with E-state index in [1.165, 1.54) is 0 Å². The summed E-state index contributed by atoms with van der Waals surface area (Å²) in [4.78, 5) is 27.9. The summed E-state index contributed by atoms with van der Waals surface area (Å²) in [6.07, 6.45) is 5.21. The summed E-state index contributed by atoms with van der Waals surface area (Å²) in [5.74, 6) is -0.804. The summed E-state index contributed by atoms with van der Waals surface area (Å²) < 4.78 is 5.29. The molecule has 0 radical (unpaired) electrons. The number of nitrogens with one attached hydrogen (secondary N) is 1. The topological polar surface area (TPSA) is 61.9 Å². The third kappa shape index (κ3) is 5.63. The molecule has 21 heavy (non-hydrogen) atoms. The van der Waals surface area contributed by atoms with E-state index in [9.17, 15) is 9.59 Å². The van der Waals surface area contributed by atoms with Crippen LogP contribution in [0.1, 0.15) is 32.1 Å². The predicted molar refractivity (Wildman–Crippen MR) is 79.9 cm³/mol. The van der Waals surface area contributed by atoms with Gasteiger partial charge < -0.3 is 15.0 Å². The van der Waals surface area contributed by atoms with Crippen LogP contribution < -0.4 is 5.32 Å². The fourth-order valence-electron chi connectivity index (χ4n) is 2.82. The molecule has 2 fully saturated rings. The van der Waals surface area contributed by atoms with E-state index in [0.717, 1.165) is 78.0 Å². The maximum atomic E-state index is 12.0. The molecule has 6 nitrogen and oxygen atoms in total. The molecule has 2 saturated heterocycles. The molecule has 0 unspecified atom stereocenters. The molecular formula is C15H27N3O3. The van der Waals surface area contributed by atoms with E-state index in [0.29, 0.717) is 6.54 Å². The Hall–Kier alpha value is -1.14. The highest BCUT2D eigenvalue weighted by Crippen LogP contribution is 2.09. The van der Waals surface area contributed by atoms with E-state index in [1.807, 2.05) is 0 Å². The second kappa shape index (κ2) is 9.00. The van der Waals surface area contributed by atoms with Gasteiger partial charge in [-0.15, -0.1) is 0 Å². The normalized spacial score (nSPS) is 20.9. The van der Waals surface area contributed by atoms with E-state index in [-0.39, 0.29) is 5.91 Å². The van der Waals surface area contributed by atoms with Gasteiger partial charge >= 0.3 is 11.8 Å². The lowest BCUT2D eigenvalue weighted by Gasteiger charge is -2.26. The minimum absolute atomic E-state index is 0.358. The average Bonchev–Trinajstić information content (AvgIpc) is 2.81. The first-order valence-corrected chi connectivity index (χ1v) is 8.14. The smallest absolute Gasteiger partial charge is 0.311 e. The Morgan fingerprint density at radius 1 is 0.952 bits per heavy atom. The van der Waals surface area contributed by atoms with Gasteiger partial charge in [-0.1, -0.05) is 12.8 Å². The molecule has 6 heteroatoms. The standard InChI is InChI=1S/C15H27N3O3/c19-14(15(20)18-8-3-1-2-4-9-18)16-6-5-7-17-10-12-21-13-11-17/h1-13H2,(H,16,19). The Morgan fingerprint density at radius 2 is 1.62 bits per heavy atom. The molecule has 0 bridgehead atoms. The van der Waals surface area contributed by atoms with Gasteiger partial charge in [-0.05, 0) is 25.8 Å². The Labute approximate surface area is 126 Å². The summed E-state index contributed by atoms with van der Waals surface area (Å²) in [5.41, 5.74) is 0. The molecule has 0 spiro atoms. The zero-order valence-electron chi connectivity index (χ0n) is 12.8. The van der Waals surface area contributed by atoms with E-state index in [2.05, 4.69) is 10.2 Å². The average molecular weight is 297 g/mol. The number of likely N-dealkylation sites (tertiary alicyclic amines) is 1. The highest BCUT2D eigenvalue weighted by molar-refractivity contribution is 6.35. The van der Waals surface area contributed by atoms with E-state index in [4.69, 9.17) is 4.74 Å². The van der Waals surface area contributed by atoms with Gasteiger partial charge in [0.2, 0.25) is 0 Å². The fraction of sp³-hybridized carbons (Fsp3) is 0.867.